The highest BCUT2D eigenvalue weighted by atomic mass is 19.1. The second kappa shape index (κ2) is 4.49. The highest BCUT2D eigenvalue weighted by molar-refractivity contribution is 5.56. The van der Waals surface area contributed by atoms with Crippen LogP contribution in [-0.2, 0) is 4.74 Å². The topological polar surface area (TPSA) is 41.5 Å². The normalized spacial score (nSPS) is 26.2. The summed E-state index contributed by atoms with van der Waals surface area (Å²) < 4.78 is 18.2. The molecule has 1 aliphatic rings. The third-order valence-corrected chi connectivity index (χ3v) is 2.40. The molecule has 15 heavy (non-hydrogen) atoms. The Morgan fingerprint density at radius 1 is 1.40 bits per heavy atom. The summed E-state index contributed by atoms with van der Waals surface area (Å²) in [5, 5.41) is 12.5. The van der Waals surface area contributed by atoms with Crippen molar-refractivity contribution in [1.29, 1.82) is 0 Å². The SMILES string of the molecule is Oc1ccccc1NC1CCO[CH]C1F. The summed E-state index contributed by atoms with van der Waals surface area (Å²) in [7, 11) is 0. The molecule has 0 aromatic heterocycles. The van der Waals surface area contributed by atoms with Crippen LogP contribution < -0.4 is 5.32 Å². The van der Waals surface area contributed by atoms with Crippen LogP contribution in [0.4, 0.5) is 10.1 Å². The lowest BCUT2D eigenvalue weighted by Gasteiger charge is -2.27. The Labute approximate surface area is 87.9 Å². The van der Waals surface area contributed by atoms with Crippen LogP contribution >= 0.6 is 0 Å². The van der Waals surface area contributed by atoms with Gasteiger partial charge in [-0.25, -0.2) is 4.39 Å². The molecule has 0 bridgehead atoms. The summed E-state index contributed by atoms with van der Waals surface area (Å²) in [5.41, 5.74) is 0.556. The summed E-state index contributed by atoms with van der Waals surface area (Å²) in [6.45, 7) is 1.70. The van der Waals surface area contributed by atoms with Crippen molar-refractivity contribution in [2.75, 3.05) is 11.9 Å². The fourth-order valence-electron chi connectivity index (χ4n) is 1.56. The number of nitrogens with one attached hydrogen (secondary N) is 1. The van der Waals surface area contributed by atoms with Crippen LogP contribution in [0.2, 0.25) is 0 Å². The first kappa shape index (κ1) is 10.2. The van der Waals surface area contributed by atoms with E-state index in [0.717, 1.165) is 0 Å². The van der Waals surface area contributed by atoms with Crippen molar-refractivity contribution in [3.8, 4) is 5.75 Å². The minimum absolute atomic E-state index is 0.135. The number of para-hydroxylation sites is 2. The van der Waals surface area contributed by atoms with Gasteiger partial charge < -0.3 is 15.2 Å². The first-order valence-corrected chi connectivity index (χ1v) is 4.91. The molecule has 1 saturated heterocycles. The largest absolute Gasteiger partial charge is 0.506 e. The van der Waals surface area contributed by atoms with Crippen LogP contribution in [0.15, 0.2) is 24.3 Å². The third-order valence-electron chi connectivity index (χ3n) is 2.40. The Morgan fingerprint density at radius 3 is 2.93 bits per heavy atom. The van der Waals surface area contributed by atoms with Crippen molar-refractivity contribution in [1.82, 2.24) is 0 Å². The lowest BCUT2D eigenvalue weighted by atomic mass is 10.1. The lowest BCUT2D eigenvalue weighted by molar-refractivity contribution is 0.0846. The smallest absolute Gasteiger partial charge is 0.149 e. The Kier molecular flexibility index (Phi) is 3.06. The van der Waals surface area contributed by atoms with E-state index in [1.807, 2.05) is 0 Å². The number of hydrogen-bond acceptors (Lipinski definition) is 3. The van der Waals surface area contributed by atoms with E-state index in [2.05, 4.69) is 5.32 Å². The van der Waals surface area contributed by atoms with Gasteiger partial charge in [-0.2, -0.15) is 0 Å². The Balaban J connectivity index is 2.04. The van der Waals surface area contributed by atoms with Gasteiger partial charge in [0.25, 0.3) is 0 Å². The maximum Gasteiger partial charge on any atom is 0.149 e. The molecule has 3 nitrogen and oxygen atoms in total. The molecule has 4 heteroatoms. The number of anilines is 1. The molecule has 1 aliphatic heterocycles. The van der Waals surface area contributed by atoms with E-state index in [9.17, 15) is 9.50 Å². The number of phenolic OH excluding ortho intramolecular Hbond substituents is 1. The molecule has 1 radical (unpaired) electrons. The van der Waals surface area contributed by atoms with E-state index in [1.165, 1.54) is 6.61 Å². The lowest BCUT2D eigenvalue weighted by Crippen LogP contribution is -2.36. The summed E-state index contributed by atoms with van der Waals surface area (Å²) in [4.78, 5) is 0. The molecule has 81 valence electrons. The van der Waals surface area contributed by atoms with E-state index in [4.69, 9.17) is 4.74 Å². The van der Waals surface area contributed by atoms with Gasteiger partial charge in [-0.05, 0) is 18.6 Å². The van der Waals surface area contributed by atoms with Crippen LogP contribution in [0.1, 0.15) is 6.42 Å². The Bertz CT molecular complexity index is 332. The standard InChI is InChI=1S/C11H13FNO2/c12-8-7-15-6-5-9(8)13-10-3-1-2-4-11(10)14/h1-4,7-9,13-14H,5-6H2. The third kappa shape index (κ3) is 2.39. The van der Waals surface area contributed by atoms with Gasteiger partial charge in [0, 0.05) is 6.61 Å². The van der Waals surface area contributed by atoms with Crippen LogP contribution in [0, 0.1) is 6.61 Å². The average Bonchev–Trinajstić information content (AvgIpc) is 2.24. The number of rotatable bonds is 2. The monoisotopic (exact) mass is 210 g/mol. The number of aromatic hydroxyl groups is 1. The van der Waals surface area contributed by atoms with E-state index in [1.54, 1.807) is 24.3 Å². The van der Waals surface area contributed by atoms with Gasteiger partial charge in [-0.1, -0.05) is 12.1 Å². The number of benzene rings is 1. The van der Waals surface area contributed by atoms with Crippen molar-refractivity contribution in [3.05, 3.63) is 30.9 Å². The summed E-state index contributed by atoms with van der Waals surface area (Å²) in [5.74, 6) is 0.135. The summed E-state index contributed by atoms with van der Waals surface area (Å²) >= 11 is 0. The van der Waals surface area contributed by atoms with E-state index < -0.39 is 6.17 Å². The molecule has 0 spiro atoms. The van der Waals surface area contributed by atoms with Gasteiger partial charge >= 0.3 is 0 Å². The first-order chi connectivity index (χ1) is 7.27. The molecule has 1 aromatic carbocycles. The molecule has 2 atom stereocenters. The minimum atomic E-state index is -1.14. The minimum Gasteiger partial charge on any atom is -0.506 e. The second-order valence-corrected chi connectivity index (χ2v) is 3.51. The van der Waals surface area contributed by atoms with Crippen molar-refractivity contribution in [2.45, 2.75) is 18.6 Å². The van der Waals surface area contributed by atoms with Crippen LogP contribution in [0.3, 0.4) is 0 Å². The predicted octanol–water partition coefficient (Wildman–Crippen LogP) is 2.09. The molecule has 1 heterocycles. The molecule has 2 rings (SSSR count). The fraction of sp³-hybridized carbons (Fsp3) is 0.364. The molecule has 2 unspecified atom stereocenters. The quantitative estimate of drug-likeness (QED) is 0.734. The van der Waals surface area contributed by atoms with Gasteiger partial charge in [-0.15, -0.1) is 0 Å². The molecule has 1 aromatic rings. The van der Waals surface area contributed by atoms with Crippen molar-refractivity contribution in [2.24, 2.45) is 0 Å². The van der Waals surface area contributed by atoms with E-state index in [-0.39, 0.29) is 11.8 Å². The summed E-state index contributed by atoms with van der Waals surface area (Å²) in [6, 6.07) is 6.48. The molecule has 0 saturated carbocycles. The molecule has 0 amide bonds. The van der Waals surface area contributed by atoms with E-state index >= 15 is 0 Å². The van der Waals surface area contributed by atoms with Gasteiger partial charge in [0.05, 0.1) is 11.7 Å². The number of hydrogen-bond donors (Lipinski definition) is 2. The molecular weight excluding hydrogens is 197 g/mol. The van der Waals surface area contributed by atoms with Crippen LogP contribution in [0.25, 0.3) is 0 Å². The highest BCUT2D eigenvalue weighted by Gasteiger charge is 2.26. The Hall–Kier alpha value is -1.29. The number of alkyl halides is 1. The fourth-order valence-corrected chi connectivity index (χ4v) is 1.56. The maximum absolute atomic E-state index is 13.3. The first-order valence-electron chi connectivity index (χ1n) is 4.91. The van der Waals surface area contributed by atoms with Crippen LogP contribution in [-0.4, -0.2) is 23.9 Å². The van der Waals surface area contributed by atoms with Crippen LogP contribution in [0.5, 0.6) is 5.75 Å². The zero-order valence-corrected chi connectivity index (χ0v) is 8.19. The molecule has 2 N–H and O–H groups in total. The van der Waals surface area contributed by atoms with Crippen molar-refractivity contribution in [3.63, 3.8) is 0 Å². The Morgan fingerprint density at radius 2 is 2.20 bits per heavy atom. The van der Waals surface area contributed by atoms with Crippen molar-refractivity contribution >= 4 is 5.69 Å². The molecule has 1 fully saturated rings. The number of phenols is 1. The van der Waals surface area contributed by atoms with Gasteiger partial charge in [0.1, 0.15) is 18.5 Å². The predicted molar refractivity (Wildman–Crippen MR) is 55.3 cm³/mol. The van der Waals surface area contributed by atoms with Gasteiger partial charge in [0.15, 0.2) is 0 Å². The molecule has 0 aliphatic carbocycles. The van der Waals surface area contributed by atoms with Gasteiger partial charge in [-0.3, -0.25) is 0 Å². The van der Waals surface area contributed by atoms with Crippen molar-refractivity contribution < 1.29 is 14.2 Å². The highest BCUT2D eigenvalue weighted by Crippen LogP contribution is 2.26. The summed E-state index contributed by atoms with van der Waals surface area (Å²) in [6.07, 6.45) is -0.551. The number of ether oxygens (including phenoxy) is 1. The second-order valence-electron chi connectivity index (χ2n) is 3.51. The molecular formula is C11H13FNO2. The average molecular weight is 210 g/mol. The zero-order chi connectivity index (χ0) is 10.7. The van der Waals surface area contributed by atoms with Gasteiger partial charge in [0.2, 0.25) is 0 Å². The zero-order valence-electron chi connectivity index (χ0n) is 8.19. The van der Waals surface area contributed by atoms with E-state index in [0.29, 0.717) is 18.7 Å². The maximum atomic E-state index is 13.3. The number of halogens is 1.